The van der Waals surface area contributed by atoms with E-state index in [1.807, 2.05) is 48.6 Å². The molecule has 3 unspecified atom stereocenters. The molecule has 3 atom stereocenters. The van der Waals surface area contributed by atoms with Crippen LogP contribution >= 0.6 is 0 Å². The average Bonchev–Trinajstić information content (AvgIpc) is 3.25. The Hall–Kier alpha value is -3.48. The number of allylic oxidation sites excluding steroid dienone is 18. The molecule has 6 nitrogen and oxygen atoms in total. The lowest BCUT2D eigenvalue weighted by molar-refractivity contribution is -0.151. The van der Waals surface area contributed by atoms with Crippen LogP contribution in [0.5, 0.6) is 0 Å². The van der Waals surface area contributed by atoms with Gasteiger partial charge in [0, 0.05) is 6.42 Å². The first-order chi connectivity index (χ1) is 30.0. The van der Waals surface area contributed by atoms with Gasteiger partial charge in [-0.1, -0.05) is 220 Å². The Labute approximate surface area is 375 Å². The Morgan fingerprint density at radius 1 is 0.508 bits per heavy atom. The largest absolute Gasteiger partial charge is 0.462 e. The SMILES string of the molecule is CC/C=C/C=C/C=C\C=C/C=C/CCCCCC(=O)OC(CCC/C=C/C/C=C/C/C=C/C/C=C/CC)CC(=O)NC(CO)C(O)CCCCCCCCCCCCCCC. The van der Waals surface area contributed by atoms with Crippen molar-refractivity contribution in [3.63, 3.8) is 0 Å². The zero-order valence-electron chi connectivity index (χ0n) is 39.2. The quantitative estimate of drug-likeness (QED) is 0.0246. The fourth-order valence-corrected chi connectivity index (χ4v) is 6.80. The van der Waals surface area contributed by atoms with Crippen molar-refractivity contribution in [2.24, 2.45) is 0 Å². The highest BCUT2D eigenvalue weighted by atomic mass is 16.5. The highest BCUT2D eigenvalue weighted by molar-refractivity contribution is 5.77. The van der Waals surface area contributed by atoms with E-state index in [9.17, 15) is 19.8 Å². The first-order valence-corrected chi connectivity index (χ1v) is 24.7. The molecule has 6 heteroatoms. The van der Waals surface area contributed by atoms with Gasteiger partial charge in [-0.25, -0.2) is 0 Å². The zero-order valence-corrected chi connectivity index (χ0v) is 39.2. The predicted molar refractivity (Wildman–Crippen MR) is 263 cm³/mol. The number of amides is 1. The topological polar surface area (TPSA) is 95.9 Å². The summed E-state index contributed by atoms with van der Waals surface area (Å²) in [6, 6.07) is -0.735. The number of rotatable bonds is 42. The normalized spacial score (nSPS) is 14.2. The summed E-state index contributed by atoms with van der Waals surface area (Å²) in [5.41, 5.74) is 0. The lowest BCUT2D eigenvalue weighted by Gasteiger charge is -2.24. The van der Waals surface area contributed by atoms with Crippen LogP contribution in [0.1, 0.15) is 201 Å². The number of aliphatic hydroxyl groups is 2. The molecule has 0 spiro atoms. The third-order valence-corrected chi connectivity index (χ3v) is 10.5. The van der Waals surface area contributed by atoms with Crippen molar-refractivity contribution >= 4 is 11.9 Å². The highest BCUT2D eigenvalue weighted by Gasteiger charge is 2.24. The molecule has 0 rings (SSSR count). The molecule has 0 saturated carbocycles. The molecule has 0 heterocycles. The number of ether oxygens (including phenoxy) is 1. The number of esters is 1. The fourth-order valence-electron chi connectivity index (χ4n) is 6.80. The van der Waals surface area contributed by atoms with Crippen molar-refractivity contribution in [2.45, 2.75) is 219 Å². The number of unbranched alkanes of at least 4 members (excludes halogenated alkanes) is 16. The second-order valence-electron chi connectivity index (χ2n) is 16.2. The molecule has 0 saturated heterocycles. The molecule has 61 heavy (non-hydrogen) atoms. The van der Waals surface area contributed by atoms with Crippen molar-refractivity contribution in [1.29, 1.82) is 0 Å². The lowest BCUT2D eigenvalue weighted by atomic mass is 10.0. The van der Waals surface area contributed by atoms with Crippen molar-refractivity contribution in [3.8, 4) is 0 Å². The molecule has 0 bridgehead atoms. The minimum Gasteiger partial charge on any atom is -0.462 e. The summed E-state index contributed by atoms with van der Waals surface area (Å²) in [5, 5.41) is 23.7. The van der Waals surface area contributed by atoms with Crippen LogP contribution < -0.4 is 5.32 Å². The van der Waals surface area contributed by atoms with E-state index in [4.69, 9.17) is 4.74 Å². The van der Waals surface area contributed by atoms with Crippen LogP contribution in [-0.4, -0.2) is 46.9 Å². The van der Waals surface area contributed by atoms with E-state index in [1.165, 1.54) is 64.2 Å². The molecule has 0 aromatic rings. The van der Waals surface area contributed by atoms with Gasteiger partial charge < -0.3 is 20.3 Å². The maximum absolute atomic E-state index is 13.2. The summed E-state index contributed by atoms with van der Waals surface area (Å²) < 4.78 is 5.87. The van der Waals surface area contributed by atoms with Gasteiger partial charge in [-0.05, 0) is 77.0 Å². The minimum atomic E-state index is -0.816. The smallest absolute Gasteiger partial charge is 0.306 e. The van der Waals surface area contributed by atoms with Gasteiger partial charge in [0.15, 0.2) is 0 Å². The number of aliphatic hydroxyl groups excluding tert-OH is 2. The summed E-state index contributed by atoms with van der Waals surface area (Å²) in [6.07, 6.45) is 64.3. The van der Waals surface area contributed by atoms with E-state index in [2.05, 4.69) is 86.8 Å². The number of hydrogen-bond donors (Lipinski definition) is 3. The predicted octanol–water partition coefficient (Wildman–Crippen LogP) is 14.7. The third kappa shape index (κ3) is 43.0. The molecule has 3 N–H and O–H groups in total. The van der Waals surface area contributed by atoms with Crippen LogP contribution in [0, 0.1) is 0 Å². The van der Waals surface area contributed by atoms with Gasteiger partial charge in [0.05, 0.1) is 25.2 Å². The minimum absolute atomic E-state index is 0.0155. The molecule has 346 valence electrons. The second-order valence-corrected chi connectivity index (χ2v) is 16.2. The number of nitrogens with one attached hydrogen (secondary N) is 1. The molecule has 0 aromatic carbocycles. The van der Waals surface area contributed by atoms with Crippen LogP contribution in [-0.2, 0) is 14.3 Å². The molecule has 0 aliphatic heterocycles. The van der Waals surface area contributed by atoms with Gasteiger partial charge in [0.1, 0.15) is 6.10 Å². The zero-order chi connectivity index (χ0) is 44.5. The molecule has 0 fully saturated rings. The van der Waals surface area contributed by atoms with Gasteiger partial charge in [0.2, 0.25) is 5.91 Å². The Bertz CT molecular complexity index is 1270. The standard InChI is InChI=1S/C55H91NO5/c1-4-7-10-13-16-19-22-25-27-30-33-36-39-42-45-48-55(60)61-51(46-43-40-37-34-31-29-26-23-20-17-14-11-8-5-2)49-54(59)56-52(50-57)53(58)47-44-41-38-35-32-28-24-21-18-15-12-9-6-3/h7-8,10-11,13,16-17,19-20,22,25-27,29-30,33-34,37,51-53,57-58H,4-6,9,12,14-15,18,21,23-24,28,31-32,35-36,38-50H2,1-3H3,(H,56,59)/b10-7+,11-8+,16-13+,20-17+,22-19-,27-25-,29-26+,33-30+,37-34+. The summed E-state index contributed by atoms with van der Waals surface area (Å²) in [5.74, 6) is -0.589. The molecule has 0 aliphatic rings. The fraction of sp³-hybridized carbons (Fsp3) is 0.636. The van der Waals surface area contributed by atoms with Crippen LogP contribution in [0.4, 0.5) is 0 Å². The molecule has 0 aromatic heterocycles. The summed E-state index contributed by atoms with van der Waals surface area (Å²) >= 11 is 0. The van der Waals surface area contributed by atoms with Gasteiger partial charge in [-0.15, -0.1) is 0 Å². The van der Waals surface area contributed by atoms with E-state index in [1.54, 1.807) is 0 Å². The molecule has 0 aliphatic carbocycles. The van der Waals surface area contributed by atoms with Gasteiger partial charge in [0.25, 0.3) is 0 Å². The van der Waals surface area contributed by atoms with E-state index in [-0.39, 0.29) is 24.9 Å². The van der Waals surface area contributed by atoms with Gasteiger partial charge in [-0.2, -0.15) is 0 Å². The van der Waals surface area contributed by atoms with Crippen LogP contribution in [0.3, 0.4) is 0 Å². The third-order valence-electron chi connectivity index (χ3n) is 10.5. The molecule has 0 radical (unpaired) electrons. The van der Waals surface area contributed by atoms with Gasteiger partial charge in [-0.3, -0.25) is 9.59 Å². The number of carbonyl (C=O) groups is 2. The maximum Gasteiger partial charge on any atom is 0.306 e. The number of hydrogen-bond acceptors (Lipinski definition) is 5. The van der Waals surface area contributed by atoms with Crippen LogP contribution in [0.25, 0.3) is 0 Å². The molecular formula is C55H91NO5. The van der Waals surface area contributed by atoms with E-state index >= 15 is 0 Å². The van der Waals surface area contributed by atoms with Crippen molar-refractivity contribution in [1.82, 2.24) is 5.32 Å². The summed E-state index contributed by atoms with van der Waals surface area (Å²) in [7, 11) is 0. The Balaban J connectivity index is 4.78. The van der Waals surface area contributed by atoms with E-state index in [0.29, 0.717) is 19.3 Å². The number of carbonyl (C=O) groups excluding carboxylic acids is 2. The summed E-state index contributed by atoms with van der Waals surface area (Å²) in [6.45, 7) is 6.18. The second kappa shape index (κ2) is 47.6. The monoisotopic (exact) mass is 846 g/mol. The first-order valence-electron chi connectivity index (χ1n) is 24.7. The lowest BCUT2D eigenvalue weighted by Crippen LogP contribution is -2.46. The van der Waals surface area contributed by atoms with Gasteiger partial charge >= 0.3 is 5.97 Å². The first kappa shape index (κ1) is 57.5. The van der Waals surface area contributed by atoms with Crippen molar-refractivity contribution < 1.29 is 24.5 Å². The Morgan fingerprint density at radius 2 is 0.984 bits per heavy atom. The van der Waals surface area contributed by atoms with E-state index < -0.39 is 18.2 Å². The summed E-state index contributed by atoms with van der Waals surface area (Å²) in [4.78, 5) is 26.1. The highest BCUT2D eigenvalue weighted by Crippen LogP contribution is 2.16. The van der Waals surface area contributed by atoms with Crippen molar-refractivity contribution in [2.75, 3.05) is 6.61 Å². The van der Waals surface area contributed by atoms with Crippen molar-refractivity contribution in [3.05, 3.63) is 109 Å². The Morgan fingerprint density at radius 3 is 1.54 bits per heavy atom. The van der Waals surface area contributed by atoms with E-state index in [0.717, 1.165) is 89.9 Å². The average molecular weight is 846 g/mol. The molecular weight excluding hydrogens is 755 g/mol. The maximum atomic E-state index is 13.2. The van der Waals surface area contributed by atoms with Crippen LogP contribution in [0.2, 0.25) is 0 Å². The molecule has 1 amide bonds. The Kier molecular flexibility index (Phi) is 44.9. The van der Waals surface area contributed by atoms with Crippen LogP contribution in [0.15, 0.2) is 109 Å².